The van der Waals surface area contributed by atoms with Crippen LogP contribution in [0.3, 0.4) is 0 Å². The third-order valence-corrected chi connectivity index (χ3v) is 2.47. The standard InChI is InChI=1S/C10H12N4/c1-7-3-2-6-14-9(7)12-10(13-14)11-8-4-5-8/h2-3,6,8H,4-5H2,1H3,(H,11,13). The molecule has 14 heavy (non-hydrogen) atoms. The second-order valence-corrected chi connectivity index (χ2v) is 3.81. The topological polar surface area (TPSA) is 42.2 Å². The second-order valence-electron chi connectivity index (χ2n) is 3.81. The number of nitrogens with zero attached hydrogens (tertiary/aromatic N) is 3. The zero-order valence-electron chi connectivity index (χ0n) is 8.07. The summed E-state index contributed by atoms with van der Waals surface area (Å²) in [5, 5.41) is 7.64. The van der Waals surface area contributed by atoms with Gasteiger partial charge in [0.2, 0.25) is 5.95 Å². The van der Waals surface area contributed by atoms with Crippen molar-refractivity contribution in [2.75, 3.05) is 5.32 Å². The Morgan fingerprint density at radius 3 is 3.07 bits per heavy atom. The number of hydrogen-bond acceptors (Lipinski definition) is 3. The second kappa shape index (κ2) is 2.70. The first kappa shape index (κ1) is 7.79. The lowest BCUT2D eigenvalue weighted by molar-refractivity contribution is 0.945. The lowest BCUT2D eigenvalue weighted by Crippen LogP contribution is -2.02. The molecule has 1 N–H and O–H groups in total. The van der Waals surface area contributed by atoms with Gasteiger partial charge in [0.05, 0.1) is 0 Å². The summed E-state index contributed by atoms with van der Waals surface area (Å²) in [6.07, 6.45) is 4.41. The van der Waals surface area contributed by atoms with Crippen LogP contribution in [0, 0.1) is 6.92 Å². The monoisotopic (exact) mass is 188 g/mol. The van der Waals surface area contributed by atoms with Crippen LogP contribution in [0.25, 0.3) is 5.65 Å². The Balaban J connectivity index is 2.05. The Kier molecular flexibility index (Phi) is 1.50. The van der Waals surface area contributed by atoms with E-state index in [1.807, 2.05) is 29.8 Å². The molecule has 1 fully saturated rings. The van der Waals surface area contributed by atoms with Gasteiger partial charge < -0.3 is 5.32 Å². The van der Waals surface area contributed by atoms with Gasteiger partial charge in [0.15, 0.2) is 5.65 Å². The van der Waals surface area contributed by atoms with Gasteiger partial charge in [-0.25, -0.2) is 4.52 Å². The van der Waals surface area contributed by atoms with Crippen LogP contribution in [0.4, 0.5) is 5.95 Å². The van der Waals surface area contributed by atoms with Crippen LogP contribution in [0.15, 0.2) is 18.3 Å². The van der Waals surface area contributed by atoms with Crippen molar-refractivity contribution in [3.63, 3.8) is 0 Å². The summed E-state index contributed by atoms with van der Waals surface area (Å²) in [7, 11) is 0. The Labute approximate surface area is 82.0 Å². The molecule has 0 aromatic carbocycles. The maximum atomic E-state index is 4.43. The summed E-state index contributed by atoms with van der Waals surface area (Å²) >= 11 is 0. The first-order valence-corrected chi connectivity index (χ1v) is 4.91. The largest absolute Gasteiger partial charge is 0.350 e. The maximum absolute atomic E-state index is 4.43. The summed E-state index contributed by atoms with van der Waals surface area (Å²) in [6.45, 7) is 2.05. The highest BCUT2D eigenvalue weighted by molar-refractivity contribution is 5.50. The number of rotatable bonds is 2. The van der Waals surface area contributed by atoms with Crippen molar-refractivity contribution in [1.29, 1.82) is 0 Å². The molecule has 1 aliphatic rings. The van der Waals surface area contributed by atoms with Crippen molar-refractivity contribution in [3.8, 4) is 0 Å². The van der Waals surface area contributed by atoms with Crippen molar-refractivity contribution in [3.05, 3.63) is 23.9 Å². The van der Waals surface area contributed by atoms with Crippen LogP contribution >= 0.6 is 0 Å². The molecule has 4 nitrogen and oxygen atoms in total. The van der Waals surface area contributed by atoms with Gasteiger partial charge in [0, 0.05) is 12.2 Å². The molecule has 2 aromatic heterocycles. The smallest absolute Gasteiger partial charge is 0.243 e. The molecule has 0 saturated heterocycles. The first-order chi connectivity index (χ1) is 6.83. The molecule has 1 saturated carbocycles. The minimum atomic E-state index is 0.604. The highest BCUT2D eigenvalue weighted by Crippen LogP contribution is 2.23. The quantitative estimate of drug-likeness (QED) is 0.778. The molecule has 0 unspecified atom stereocenters. The highest BCUT2D eigenvalue weighted by Gasteiger charge is 2.22. The van der Waals surface area contributed by atoms with E-state index in [2.05, 4.69) is 15.4 Å². The summed E-state index contributed by atoms with van der Waals surface area (Å²) in [4.78, 5) is 4.43. The van der Waals surface area contributed by atoms with E-state index in [1.54, 1.807) is 0 Å². The van der Waals surface area contributed by atoms with Crippen LogP contribution in [-0.4, -0.2) is 20.6 Å². The maximum Gasteiger partial charge on any atom is 0.243 e. The molecule has 0 aliphatic heterocycles. The summed E-state index contributed by atoms with van der Waals surface area (Å²) in [6, 6.07) is 4.63. The van der Waals surface area contributed by atoms with Crippen molar-refractivity contribution in [2.24, 2.45) is 0 Å². The zero-order valence-corrected chi connectivity index (χ0v) is 8.07. The van der Waals surface area contributed by atoms with Gasteiger partial charge in [-0.15, -0.1) is 5.10 Å². The SMILES string of the molecule is Cc1cccn2nc(NC3CC3)nc12. The fourth-order valence-corrected chi connectivity index (χ4v) is 1.51. The van der Waals surface area contributed by atoms with Crippen molar-refractivity contribution < 1.29 is 0 Å². The highest BCUT2D eigenvalue weighted by atomic mass is 15.3. The lowest BCUT2D eigenvalue weighted by atomic mass is 10.3. The van der Waals surface area contributed by atoms with Gasteiger partial charge in [-0.1, -0.05) is 6.07 Å². The summed E-state index contributed by atoms with van der Waals surface area (Å²) in [5.41, 5.74) is 2.10. The molecule has 2 heterocycles. The van der Waals surface area contributed by atoms with Gasteiger partial charge in [-0.3, -0.25) is 0 Å². The van der Waals surface area contributed by atoms with Crippen molar-refractivity contribution in [2.45, 2.75) is 25.8 Å². The molecular weight excluding hydrogens is 176 g/mol. The number of nitrogens with one attached hydrogen (secondary N) is 1. The van der Waals surface area contributed by atoms with E-state index in [1.165, 1.54) is 12.8 Å². The molecule has 0 spiro atoms. The van der Waals surface area contributed by atoms with Crippen LogP contribution in [0.5, 0.6) is 0 Å². The molecule has 72 valence electrons. The van der Waals surface area contributed by atoms with Gasteiger partial charge in [-0.05, 0) is 31.4 Å². The minimum absolute atomic E-state index is 0.604. The van der Waals surface area contributed by atoms with E-state index in [9.17, 15) is 0 Å². The van der Waals surface area contributed by atoms with E-state index in [0.717, 1.165) is 17.2 Å². The van der Waals surface area contributed by atoms with E-state index in [-0.39, 0.29) is 0 Å². The van der Waals surface area contributed by atoms with Gasteiger partial charge in [0.25, 0.3) is 0 Å². The van der Waals surface area contributed by atoms with Crippen LogP contribution in [0.2, 0.25) is 0 Å². The third-order valence-electron chi connectivity index (χ3n) is 2.47. The Morgan fingerprint density at radius 1 is 1.50 bits per heavy atom. The molecule has 0 atom stereocenters. The predicted octanol–water partition coefficient (Wildman–Crippen LogP) is 1.61. The molecule has 2 aromatic rings. The van der Waals surface area contributed by atoms with Gasteiger partial charge in [-0.2, -0.15) is 4.98 Å². The normalized spacial score (nSPS) is 16.1. The van der Waals surface area contributed by atoms with Gasteiger partial charge >= 0.3 is 0 Å². The fourth-order valence-electron chi connectivity index (χ4n) is 1.51. The van der Waals surface area contributed by atoms with Crippen LogP contribution in [0.1, 0.15) is 18.4 Å². The Hall–Kier alpha value is -1.58. The number of aromatic nitrogens is 3. The Morgan fingerprint density at radius 2 is 2.36 bits per heavy atom. The number of fused-ring (bicyclic) bond motifs is 1. The third kappa shape index (κ3) is 1.23. The lowest BCUT2D eigenvalue weighted by Gasteiger charge is -1.93. The molecule has 1 aliphatic carbocycles. The number of aryl methyl sites for hydroxylation is 1. The summed E-state index contributed by atoms with van der Waals surface area (Å²) < 4.78 is 1.82. The molecule has 3 rings (SSSR count). The van der Waals surface area contributed by atoms with Crippen LogP contribution in [-0.2, 0) is 0 Å². The van der Waals surface area contributed by atoms with E-state index < -0.39 is 0 Å². The average molecular weight is 188 g/mol. The molecule has 0 amide bonds. The minimum Gasteiger partial charge on any atom is -0.350 e. The zero-order chi connectivity index (χ0) is 9.54. The van der Waals surface area contributed by atoms with E-state index in [0.29, 0.717) is 6.04 Å². The van der Waals surface area contributed by atoms with Gasteiger partial charge in [0.1, 0.15) is 0 Å². The van der Waals surface area contributed by atoms with E-state index >= 15 is 0 Å². The average Bonchev–Trinajstić information content (AvgIpc) is 2.84. The number of anilines is 1. The van der Waals surface area contributed by atoms with Crippen molar-refractivity contribution in [1.82, 2.24) is 14.6 Å². The molecular formula is C10H12N4. The molecule has 0 radical (unpaired) electrons. The van der Waals surface area contributed by atoms with Crippen LogP contribution < -0.4 is 5.32 Å². The summed E-state index contributed by atoms with van der Waals surface area (Å²) in [5.74, 6) is 0.752. The van der Waals surface area contributed by atoms with Crippen molar-refractivity contribution >= 4 is 11.6 Å². The molecule has 0 bridgehead atoms. The number of pyridine rings is 1. The fraction of sp³-hybridized carbons (Fsp3) is 0.400. The first-order valence-electron chi connectivity index (χ1n) is 4.91. The van der Waals surface area contributed by atoms with E-state index in [4.69, 9.17) is 0 Å². The number of hydrogen-bond donors (Lipinski definition) is 1. The predicted molar refractivity (Wildman–Crippen MR) is 54.4 cm³/mol. The Bertz CT molecular complexity index is 470. The molecule has 4 heteroatoms.